The van der Waals surface area contributed by atoms with Crippen LogP contribution in [0.2, 0.25) is 0 Å². The van der Waals surface area contributed by atoms with Gasteiger partial charge in [-0.05, 0) is 25.5 Å². The van der Waals surface area contributed by atoms with Crippen molar-refractivity contribution in [3.63, 3.8) is 0 Å². The summed E-state index contributed by atoms with van der Waals surface area (Å²) in [5.41, 5.74) is 4.65. The van der Waals surface area contributed by atoms with Gasteiger partial charge in [-0.3, -0.25) is 9.78 Å². The number of primary amides is 1. The maximum atomic E-state index is 11.3. The number of hydrogen-bond acceptors (Lipinski definition) is 4. The van der Waals surface area contributed by atoms with E-state index in [1.165, 1.54) is 12.3 Å². The summed E-state index contributed by atoms with van der Waals surface area (Å²) in [5, 5.41) is 12.1. The Kier molecular flexibility index (Phi) is 4.25. The Balaban J connectivity index is 2.97. The fourth-order valence-electron chi connectivity index (χ4n) is 1.68. The second kappa shape index (κ2) is 5.48. The molecule has 4 N–H and O–H groups in total. The summed E-state index contributed by atoms with van der Waals surface area (Å²) >= 11 is 0. The fraction of sp³-hybridized carbons (Fsp3) is 0.417. The third-order valence-corrected chi connectivity index (χ3v) is 2.65. The quantitative estimate of drug-likeness (QED) is 0.705. The van der Waals surface area contributed by atoms with Crippen LogP contribution in [0.1, 0.15) is 37.2 Å². The van der Waals surface area contributed by atoms with Crippen molar-refractivity contribution in [3.8, 4) is 0 Å². The first-order valence-corrected chi connectivity index (χ1v) is 5.66. The lowest BCUT2D eigenvalue weighted by Gasteiger charge is -2.27. The molecule has 6 nitrogen and oxygen atoms in total. The van der Waals surface area contributed by atoms with Crippen molar-refractivity contribution in [1.29, 1.82) is 0 Å². The number of amides is 1. The van der Waals surface area contributed by atoms with Crippen LogP contribution in [-0.2, 0) is 4.79 Å². The average Bonchev–Trinajstić information content (AvgIpc) is 2.29. The minimum absolute atomic E-state index is 0.101. The van der Waals surface area contributed by atoms with Crippen LogP contribution in [0.5, 0.6) is 0 Å². The first-order valence-electron chi connectivity index (χ1n) is 5.66. The summed E-state index contributed by atoms with van der Waals surface area (Å²) < 4.78 is 0. The van der Waals surface area contributed by atoms with E-state index in [2.05, 4.69) is 10.3 Å². The molecule has 1 aromatic rings. The Bertz CT molecular complexity index is 462. The molecule has 0 aliphatic carbocycles. The second-order valence-corrected chi connectivity index (χ2v) is 4.31. The minimum Gasteiger partial charge on any atom is -0.480 e. The molecule has 1 rings (SSSR count). The van der Waals surface area contributed by atoms with Crippen LogP contribution in [0.4, 0.5) is 5.69 Å². The van der Waals surface area contributed by atoms with Gasteiger partial charge in [0.05, 0.1) is 0 Å². The van der Waals surface area contributed by atoms with Crippen molar-refractivity contribution in [2.24, 2.45) is 5.73 Å². The molecule has 18 heavy (non-hydrogen) atoms. The highest BCUT2D eigenvalue weighted by molar-refractivity contribution is 5.92. The predicted molar refractivity (Wildman–Crippen MR) is 67.3 cm³/mol. The molecule has 1 amide bonds. The van der Waals surface area contributed by atoms with Gasteiger partial charge in [0.25, 0.3) is 5.91 Å². The molecule has 0 saturated carbocycles. The van der Waals surface area contributed by atoms with E-state index in [1.807, 2.05) is 6.92 Å². The summed E-state index contributed by atoms with van der Waals surface area (Å²) in [6.07, 6.45) is 2.61. The average molecular weight is 251 g/mol. The van der Waals surface area contributed by atoms with E-state index >= 15 is 0 Å². The lowest BCUT2D eigenvalue weighted by atomic mass is 9.96. The number of carboxylic acids is 1. The number of nitrogens with zero attached hydrogens (tertiary/aromatic N) is 1. The number of hydrogen-bond donors (Lipinski definition) is 3. The van der Waals surface area contributed by atoms with E-state index in [0.717, 1.165) is 6.42 Å². The Labute approximate surface area is 105 Å². The van der Waals surface area contributed by atoms with E-state index in [9.17, 15) is 14.7 Å². The second-order valence-electron chi connectivity index (χ2n) is 4.31. The summed E-state index contributed by atoms with van der Waals surface area (Å²) in [6.45, 7) is 3.51. The number of carboxylic acid groups (broad SMARTS) is 1. The maximum Gasteiger partial charge on any atom is 0.329 e. The molecule has 0 aliphatic rings. The standard InChI is InChI=1S/C12H17N3O3/c1-3-5-12(2,11(17)18)15-8-4-6-14-9(7-8)10(13)16/h4,6-7H,3,5H2,1-2H3,(H2,13,16)(H,14,15)(H,17,18). The molecular formula is C12H17N3O3. The maximum absolute atomic E-state index is 11.3. The van der Waals surface area contributed by atoms with E-state index in [-0.39, 0.29) is 5.69 Å². The number of anilines is 1. The zero-order valence-corrected chi connectivity index (χ0v) is 10.4. The number of aromatic nitrogens is 1. The highest BCUT2D eigenvalue weighted by atomic mass is 16.4. The molecule has 1 atom stereocenters. The van der Waals surface area contributed by atoms with Crippen molar-refractivity contribution in [1.82, 2.24) is 4.98 Å². The van der Waals surface area contributed by atoms with Crippen LogP contribution in [0.15, 0.2) is 18.3 Å². The number of rotatable bonds is 6. The summed E-state index contributed by atoms with van der Waals surface area (Å²) in [5.74, 6) is -1.59. The van der Waals surface area contributed by atoms with Crippen molar-refractivity contribution < 1.29 is 14.7 Å². The van der Waals surface area contributed by atoms with Crippen molar-refractivity contribution >= 4 is 17.6 Å². The molecule has 0 spiro atoms. The summed E-state index contributed by atoms with van der Waals surface area (Å²) in [7, 11) is 0. The normalized spacial score (nSPS) is 13.7. The van der Waals surface area contributed by atoms with Crippen molar-refractivity contribution in [2.45, 2.75) is 32.2 Å². The van der Waals surface area contributed by atoms with Crippen LogP contribution in [-0.4, -0.2) is 27.5 Å². The third kappa shape index (κ3) is 3.19. The molecular weight excluding hydrogens is 234 g/mol. The van der Waals surface area contributed by atoms with Crippen LogP contribution < -0.4 is 11.1 Å². The molecule has 0 bridgehead atoms. The predicted octanol–water partition coefficient (Wildman–Crippen LogP) is 1.24. The van der Waals surface area contributed by atoms with Crippen molar-refractivity contribution in [3.05, 3.63) is 24.0 Å². The SMILES string of the molecule is CCCC(C)(Nc1ccnc(C(N)=O)c1)C(=O)O. The van der Waals surface area contributed by atoms with Crippen LogP contribution in [0, 0.1) is 0 Å². The number of pyridine rings is 1. The number of carbonyl (C=O) groups is 2. The van der Waals surface area contributed by atoms with Crippen molar-refractivity contribution in [2.75, 3.05) is 5.32 Å². The van der Waals surface area contributed by atoms with Gasteiger partial charge in [0.15, 0.2) is 0 Å². The number of carbonyl (C=O) groups excluding carboxylic acids is 1. The summed E-state index contributed by atoms with van der Waals surface area (Å²) in [6, 6.07) is 3.04. The van der Waals surface area contributed by atoms with Crippen LogP contribution >= 0.6 is 0 Å². The zero-order chi connectivity index (χ0) is 13.8. The molecule has 0 aliphatic heterocycles. The lowest BCUT2D eigenvalue weighted by Crippen LogP contribution is -2.43. The first kappa shape index (κ1) is 14.0. The first-order chi connectivity index (χ1) is 8.39. The smallest absolute Gasteiger partial charge is 0.329 e. The highest BCUT2D eigenvalue weighted by Crippen LogP contribution is 2.20. The van der Waals surface area contributed by atoms with Gasteiger partial charge in [-0.25, -0.2) is 4.79 Å². The number of nitrogens with two attached hydrogens (primary N) is 1. The van der Waals surface area contributed by atoms with Gasteiger partial charge in [-0.15, -0.1) is 0 Å². The molecule has 0 aromatic carbocycles. The van der Waals surface area contributed by atoms with Gasteiger partial charge < -0.3 is 16.2 Å². The largest absolute Gasteiger partial charge is 0.480 e. The van der Waals surface area contributed by atoms with E-state index < -0.39 is 17.4 Å². The number of nitrogens with one attached hydrogen (secondary N) is 1. The molecule has 1 heterocycles. The topological polar surface area (TPSA) is 105 Å². The highest BCUT2D eigenvalue weighted by Gasteiger charge is 2.31. The van der Waals surface area contributed by atoms with E-state index in [0.29, 0.717) is 12.1 Å². The van der Waals surface area contributed by atoms with Gasteiger partial charge >= 0.3 is 5.97 Å². The zero-order valence-electron chi connectivity index (χ0n) is 10.4. The third-order valence-electron chi connectivity index (χ3n) is 2.65. The van der Waals surface area contributed by atoms with Gasteiger partial charge in [0, 0.05) is 11.9 Å². The Morgan fingerprint density at radius 1 is 1.56 bits per heavy atom. The Morgan fingerprint density at radius 2 is 2.22 bits per heavy atom. The Morgan fingerprint density at radius 3 is 2.72 bits per heavy atom. The van der Waals surface area contributed by atoms with E-state index in [4.69, 9.17) is 5.73 Å². The summed E-state index contributed by atoms with van der Waals surface area (Å²) in [4.78, 5) is 26.1. The van der Waals surface area contributed by atoms with Gasteiger partial charge in [-0.1, -0.05) is 13.3 Å². The monoisotopic (exact) mass is 251 g/mol. The van der Waals surface area contributed by atoms with Gasteiger partial charge in [0.2, 0.25) is 0 Å². The van der Waals surface area contributed by atoms with E-state index in [1.54, 1.807) is 13.0 Å². The van der Waals surface area contributed by atoms with Gasteiger partial charge in [0.1, 0.15) is 11.2 Å². The van der Waals surface area contributed by atoms with Crippen LogP contribution in [0.25, 0.3) is 0 Å². The molecule has 0 saturated heterocycles. The fourth-order valence-corrected chi connectivity index (χ4v) is 1.68. The Hall–Kier alpha value is -2.11. The van der Waals surface area contributed by atoms with Crippen LogP contribution in [0.3, 0.4) is 0 Å². The molecule has 0 fully saturated rings. The van der Waals surface area contributed by atoms with Gasteiger partial charge in [-0.2, -0.15) is 0 Å². The molecule has 98 valence electrons. The molecule has 6 heteroatoms. The number of aliphatic carboxylic acids is 1. The minimum atomic E-state index is -1.08. The lowest BCUT2D eigenvalue weighted by molar-refractivity contribution is -0.141. The molecule has 1 aromatic heterocycles. The molecule has 0 radical (unpaired) electrons. The molecule has 1 unspecified atom stereocenters.